The molecular formula is C25H29ClN4O2S. The molecule has 0 atom stereocenters. The number of nitrogens with zero attached hydrogens (tertiary/aromatic N) is 3. The number of amides is 1. The number of hydrogen-bond donors (Lipinski definition) is 1. The van der Waals surface area contributed by atoms with Gasteiger partial charge in [-0.1, -0.05) is 24.4 Å². The van der Waals surface area contributed by atoms with Gasteiger partial charge in [0.15, 0.2) is 5.69 Å². The average Bonchev–Trinajstić information content (AvgIpc) is 3.57. The largest absolute Gasteiger partial charge is 0.468 e. The highest BCUT2D eigenvalue weighted by Gasteiger charge is 2.28. The molecule has 5 rings (SSSR count). The summed E-state index contributed by atoms with van der Waals surface area (Å²) in [6.07, 6.45) is 7.72. The van der Waals surface area contributed by atoms with Crippen molar-refractivity contribution < 1.29 is 9.21 Å². The Morgan fingerprint density at radius 1 is 1.33 bits per heavy atom. The maximum atomic E-state index is 13.0. The molecule has 0 spiro atoms. The number of carbonyl (C=O) groups is 1. The topological polar surface area (TPSA) is 63.3 Å². The SMILES string of the molecule is Cn1nc(C(=O)NCCCN(Cc2ccco2)C2CCCC2)c2c1-c1cc(Cl)ccc1SC2. The molecule has 1 amide bonds. The number of halogens is 1. The van der Waals surface area contributed by atoms with E-state index in [-0.39, 0.29) is 5.91 Å². The van der Waals surface area contributed by atoms with Crippen LogP contribution in [0.1, 0.15) is 53.9 Å². The van der Waals surface area contributed by atoms with Crippen LogP contribution >= 0.6 is 23.4 Å². The lowest BCUT2D eigenvalue weighted by Gasteiger charge is -2.28. The number of rotatable bonds is 8. The van der Waals surface area contributed by atoms with Crippen LogP contribution in [0.15, 0.2) is 45.9 Å². The van der Waals surface area contributed by atoms with Gasteiger partial charge in [0.2, 0.25) is 0 Å². The minimum Gasteiger partial charge on any atom is -0.468 e. The molecule has 33 heavy (non-hydrogen) atoms. The number of hydrogen-bond acceptors (Lipinski definition) is 5. The lowest BCUT2D eigenvalue weighted by Crippen LogP contribution is -2.35. The van der Waals surface area contributed by atoms with Gasteiger partial charge in [-0.3, -0.25) is 14.4 Å². The Labute approximate surface area is 203 Å². The highest BCUT2D eigenvalue weighted by molar-refractivity contribution is 7.98. The number of carbonyl (C=O) groups excluding carboxylic acids is 1. The summed E-state index contributed by atoms with van der Waals surface area (Å²) in [5.74, 6) is 1.64. The number of benzene rings is 1. The second kappa shape index (κ2) is 9.95. The molecule has 0 unspecified atom stereocenters. The lowest BCUT2D eigenvalue weighted by atomic mass is 10.1. The highest BCUT2D eigenvalue weighted by atomic mass is 35.5. The van der Waals surface area contributed by atoms with Crippen molar-refractivity contribution in [1.29, 1.82) is 0 Å². The third-order valence-corrected chi connectivity index (χ3v) is 7.95. The second-order valence-electron chi connectivity index (χ2n) is 8.83. The lowest BCUT2D eigenvalue weighted by molar-refractivity contribution is 0.0943. The molecule has 1 aromatic carbocycles. The van der Waals surface area contributed by atoms with E-state index in [1.54, 1.807) is 18.0 Å². The van der Waals surface area contributed by atoms with Crippen LogP contribution < -0.4 is 5.32 Å². The molecule has 3 heterocycles. The van der Waals surface area contributed by atoms with Crippen LogP contribution in [0.3, 0.4) is 0 Å². The average molecular weight is 485 g/mol. The molecule has 1 N–H and O–H groups in total. The summed E-state index contributed by atoms with van der Waals surface area (Å²) >= 11 is 7.96. The predicted molar refractivity (Wildman–Crippen MR) is 132 cm³/mol. The van der Waals surface area contributed by atoms with E-state index in [0.717, 1.165) is 47.8 Å². The van der Waals surface area contributed by atoms with Crippen LogP contribution in [0.5, 0.6) is 0 Å². The summed E-state index contributed by atoms with van der Waals surface area (Å²) in [4.78, 5) is 16.7. The van der Waals surface area contributed by atoms with Crippen LogP contribution in [0.2, 0.25) is 5.02 Å². The number of furan rings is 1. The first-order valence-electron chi connectivity index (χ1n) is 11.6. The standard InChI is InChI=1S/C25H29ClN4O2S/c1-29-24-20-14-17(26)9-10-22(20)33-16-21(24)23(28-29)25(31)27-11-5-12-30(18-6-2-3-7-18)15-19-8-4-13-32-19/h4,8-10,13-14,18H,2-3,5-7,11-12,15-16H2,1H3,(H,27,31). The molecule has 1 aliphatic carbocycles. The monoisotopic (exact) mass is 484 g/mol. The fourth-order valence-corrected chi connectivity index (χ4v) is 6.24. The summed E-state index contributed by atoms with van der Waals surface area (Å²) < 4.78 is 7.39. The minimum atomic E-state index is -0.101. The number of nitrogens with one attached hydrogen (secondary N) is 1. The predicted octanol–water partition coefficient (Wildman–Crippen LogP) is 5.50. The van der Waals surface area contributed by atoms with Crippen LogP contribution in [0.25, 0.3) is 11.3 Å². The van der Waals surface area contributed by atoms with E-state index in [1.807, 2.05) is 42.1 Å². The summed E-state index contributed by atoms with van der Waals surface area (Å²) in [7, 11) is 1.89. The summed E-state index contributed by atoms with van der Waals surface area (Å²) in [6.45, 7) is 2.40. The smallest absolute Gasteiger partial charge is 0.272 e. The van der Waals surface area contributed by atoms with Crippen molar-refractivity contribution in [3.63, 3.8) is 0 Å². The van der Waals surface area contributed by atoms with Gasteiger partial charge in [0.05, 0.1) is 18.5 Å². The fraction of sp³-hybridized carbons (Fsp3) is 0.440. The van der Waals surface area contributed by atoms with Crippen molar-refractivity contribution in [1.82, 2.24) is 20.0 Å². The van der Waals surface area contributed by atoms with Gasteiger partial charge < -0.3 is 9.73 Å². The fourth-order valence-electron chi connectivity index (χ4n) is 5.02. The van der Waals surface area contributed by atoms with Gasteiger partial charge in [-0.2, -0.15) is 5.10 Å². The Morgan fingerprint density at radius 2 is 2.18 bits per heavy atom. The van der Waals surface area contributed by atoms with E-state index in [0.29, 0.717) is 23.3 Å². The molecule has 0 radical (unpaired) electrons. The van der Waals surface area contributed by atoms with Gasteiger partial charge >= 0.3 is 0 Å². The molecule has 2 aromatic heterocycles. The van der Waals surface area contributed by atoms with Gasteiger partial charge in [0.1, 0.15) is 5.76 Å². The maximum absolute atomic E-state index is 13.0. The van der Waals surface area contributed by atoms with Crippen molar-refractivity contribution >= 4 is 29.3 Å². The number of thioether (sulfide) groups is 1. The van der Waals surface area contributed by atoms with E-state index < -0.39 is 0 Å². The van der Waals surface area contributed by atoms with Gasteiger partial charge in [-0.25, -0.2) is 0 Å². The van der Waals surface area contributed by atoms with Gasteiger partial charge in [0.25, 0.3) is 5.91 Å². The normalized spacial score (nSPS) is 15.6. The van der Waals surface area contributed by atoms with Crippen molar-refractivity contribution in [2.75, 3.05) is 13.1 Å². The Kier molecular flexibility index (Phi) is 6.81. The van der Waals surface area contributed by atoms with Gasteiger partial charge in [0, 0.05) is 53.0 Å². The quantitative estimate of drug-likeness (QED) is 0.427. The van der Waals surface area contributed by atoms with E-state index in [9.17, 15) is 4.79 Å². The molecule has 0 bridgehead atoms. The molecule has 174 valence electrons. The maximum Gasteiger partial charge on any atom is 0.272 e. The zero-order valence-electron chi connectivity index (χ0n) is 18.8. The number of aryl methyl sites for hydroxylation is 1. The van der Waals surface area contributed by atoms with E-state index >= 15 is 0 Å². The Morgan fingerprint density at radius 3 is 2.97 bits per heavy atom. The molecular weight excluding hydrogens is 456 g/mol. The van der Waals surface area contributed by atoms with Crippen LogP contribution in [-0.4, -0.2) is 39.7 Å². The second-order valence-corrected chi connectivity index (χ2v) is 10.3. The molecule has 1 fully saturated rings. The molecule has 6 nitrogen and oxygen atoms in total. The molecule has 3 aromatic rings. The van der Waals surface area contributed by atoms with Gasteiger partial charge in [-0.05, 0) is 49.6 Å². The summed E-state index contributed by atoms with van der Waals surface area (Å²) in [6, 6.07) is 10.5. The number of fused-ring (bicyclic) bond motifs is 3. The van der Waals surface area contributed by atoms with Crippen molar-refractivity contribution in [2.24, 2.45) is 7.05 Å². The third-order valence-electron chi connectivity index (χ3n) is 6.62. The summed E-state index contributed by atoms with van der Waals surface area (Å²) in [5, 5.41) is 8.37. The third kappa shape index (κ3) is 4.86. The highest BCUT2D eigenvalue weighted by Crippen LogP contribution is 2.43. The molecule has 0 saturated heterocycles. The molecule has 1 saturated carbocycles. The molecule has 2 aliphatic rings. The van der Waals surface area contributed by atoms with Crippen LogP contribution in [-0.2, 0) is 19.3 Å². The Bertz CT molecular complexity index is 1120. The summed E-state index contributed by atoms with van der Waals surface area (Å²) in [5.41, 5.74) is 3.55. The zero-order valence-corrected chi connectivity index (χ0v) is 20.4. The van der Waals surface area contributed by atoms with Crippen LogP contribution in [0.4, 0.5) is 0 Å². The van der Waals surface area contributed by atoms with Gasteiger partial charge in [-0.15, -0.1) is 11.8 Å². The first kappa shape index (κ1) is 22.6. The first-order valence-corrected chi connectivity index (χ1v) is 13.0. The Hall–Kier alpha value is -2.22. The first-order chi connectivity index (χ1) is 16.1. The molecule has 1 aliphatic heterocycles. The zero-order chi connectivity index (χ0) is 22.8. The van der Waals surface area contributed by atoms with Crippen molar-refractivity contribution in [3.8, 4) is 11.3 Å². The van der Waals surface area contributed by atoms with Crippen molar-refractivity contribution in [2.45, 2.75) is 55.3 Å². The van der Waals surface area contributed by atoms with Crippen LogP contribution in [0, 0.1) is 0 Å². The van der Waals surface area contributed by atoms with E-state index in [2.05, 4.69) is 15.3 Å². The van der Waals surface area contributed by atoms with E-state index in [1.165, 1.54) is 30.6 Å². The minimum absolute atomic E-state index is 0.101. The van der Waals surface area contributed by atoms with Crippen molar-refractivity contribution in [3.05, 3.63) is 58.6 Å². The number of aromatic nitrogens is 2. The molecule has 8 heteroatoms. The Balaban J connectivity index is 1.21. The van der Waals surface area contributed by atoms with E-state index in [4.69, 9.17) is 16.0 Å².